The van der Waals surface area contributed by atoms with Gasteiger partial charge in [-0.3, -0.25) is 0 Å². The van der Waals surface area contributed by atoms with E-state index in [4.69, 9.17) is 9.52 Å². The van der Waals surface area contributed by atoms with Crippen LogP contribution >= 0.6 is 11.3 Å². The maximum Gasteiger partial charge on any atom is 0.335 e. The summed E-state index contributed by atoms with van der Waals surface area (Å²) in [6, 6.07) is 9.16. The third-order valence-electron chi connectivity index (χ3n) is 2.86. The first-order valence-corrected chi connectivity index (χ1v) is 7.00. The number of nitrogens with one attached hydrogen (secondary N) is 1. The fourth-order valence-electron chi connectivity index (χ4n) is 1.88. The van der Waals surface area contributed by atoms with Crippen LogP contribution < -0.4 is 5.32 Å². The Labute approximate surface area is 118 Å². The lowest BCUT2D eigenvalue weighted by molar-refractivity contribution is 0.0697. The maximum atomic E-state index is 10.9. The van der Waals surface area contributed by atoms with Gasteiger partial charge in [0.2, 0.25) is 0 Å². The summed E-state index contributed by atoms with van der Waals surface area (Å²) in [6.07, 6.45) is 0.900. The highest BCUT2D eigenvalue weighted by atomic mass is 32.1. The van der Waals surface area contributed by atoms with Gasteiger partial charge in [-0.15, -0.1) is 11.3 Å². The van der Waals surface area contributed by atoms with Crippen molar-refractivity contribution in [1.29, 1.82) is 0 Å². The molecule has 6 heteroatoms. The summed E-state index contributed by atoms with van der Waals surface area (Å²) < 4.78 is 5.50. The van der Waals surface area contributed by atoms with Crippen molar-refractivity contribution in [3.8, 4) is 0 Å². The predicted octanol–water partition coefficient (Wildman–Crippen LogP) is 3.24. The van der Waals surface area contributed by atoms with Gasteiger partial charge in [0.25, 0.3) is 6.01 Å². The van der Waals surface area contributed by atoms with E-state index in [0.29, 0.717) is 17.1 Å². The number of carbonyl (C=O) groups is 1. The van der Waals surface area contributed by atoms with Crippen molar-refractivity contribution in [2.75, 3.05) is 11.9 Å². The number of aromatic carboxylic acids is 1. The van der Waals surface area contributed by atoms with E-state index < -0.39 is 5.97 Å². The van der Waals surface area contributed by atoms with Crippen LogP contribution in [0.5, 0.6) is 0 Å². The van der Waals surface area contributed by atoms with Crippen LogP contribution in [0.3, 0.4) is 0 Å². The van der Waals surface area contributed by atoms with Gasteiger partial charge in [-0.1, -0.05) is 6.07 Å². The third kappa shape index (κ3) is 2.65. The molecule has 0 bridgehead atoms. The minimum Gasteiger partial charge on any atom is -0.478 e. The Hall–Kier alpha value is -2.34. The molecule has 0 aliphatic heterocycles. The minimum absolute atomic E-state index is 0.193. The number of fused-ring (bicyclic) bond motifs is 1. The molecular formula is C14H12N2O3S. The Morgan fingerprint density at radius 2 is 2.30 bits per heavy atom. The highest BCUT2D eigenvalue weighted by molar-refractivity contribution is 7.09. The van der Waals surface area contributed by atoms with Gasteiger partial charge in [0.1, 0.15) is 5.52 Å². The van der Waals surface area contributed by atoms with Gasteiger partial charge in [0.15, 0.2) is 5.58 Å². The molecule has 5 nitrogen and oxygen atoms in total. The molecule has 0 amide bonds. The van der Waals surface area contributed by atoms with Crippen LogP contribution in [-0.2, 0) is 6.42 Å². The number of carboxylic acid groups (broad SMARTS) is 1. The molecule has 3 rings (SSSR count). The first kappa shape index (κ1) is 12.7. The fraction of sp³-hybridized carbons (Fsp3) is 0.143. The summed E-state index contributed by atoms with van der Waals surface area (Å²) in [5, 5.41) is 14.1. The molecule has 0 spiro atoms. The quantitative estimate of drug-likeness (QED) is 0.753. The number of anilines is 1. The van der Waals surface area contributed by atoms with Crippen molar-refractivity contribution in [2.24, 2.45) is 0 Å². The van der Waals surface area contributed by atoms with Crippen molar-refractivity contribution >= 4 is 34.4 Å². The van der Waals surface area contributed by atoms with Crippen molar-refractivity contribution in [1.82, 2.24) is 4.98 Å². The van der Waals surface area contributed by atoms with E-state index in [1.54, 1.807) is 17.4 Å². The Morgan fingerprint density at radius 1 is 1.40 bits per heavy atom. The second-order valence-corrected chi connectivity index (χ2v) is 5.30. The van der Waals surface area contributed by atoms with Crippen molar-refractivity contribution in [3.05, 3.63) is 46.2 Å². The zero-order valence-corrected chi connectivity index (χ0v) is 11.3. The zero-order chi connectivity index (χ0) is 13.9. The van der Waals surface area contributed by atoms with Gasteiger partial charge in [0.05, 0.1) is 5.56 Å². The van der Waals surface area contributed by atoms with Gasteiger partial charge in [-0.2, -0.15) is 4.98 Å². The molecule has 0 radical (unpaired) electrons. The highest BCUT2D eigenvalue weighted by Crippen LogP contribution is 2.20. The minimum atomic E-state index is -0.976. The van der Waals surface area contributed by atoms with E-state index in [1.165, 1.54) is 17.0 Å². The summed E-state index contributed by atoms with van der Waals surface area (Å²) in [5.74, 6) is -0.976. The van der Waals surface area contributed by atoms with E-state index in [9.17, 15) is 4.79 Å². The van der Waals surface area contributed by atoms with Gasteiger partial charge in [-0.25, -0.2) is 4.79 Å². The molecule has 2 heterocycles. The summed E-state index contributed by atoms with van der Waals surface area (Å²) >= 11 is 1.71. The lowest BCUT2D eigenvalue weighted by Crippen LogP contribution is -2.03. The van der Waals surface area contributed by atoms with Crippen LogP contribution in [-0.4, -0.2) is 22.6 Å². The lowest BCUT2D eigenvalue weighted by Gasteiger charge is -1.98. The summed E-state index contributed by atoms with van der Waals surface area (Å²) in [4.78, 5) is 16.4. The molecule has 0 saturated carbocycles. The van der Waals surface area contributed by atoms with Crippen molar-refractivity contribution < 1.29 is 14.3 Å². The first-order chi connectivity index (χ1) is 9.72. The van der Waals surface area contributed by atoms with Crippen LogP contribution in [0.1, 0.15) is 15.2 Å². The number of benzene rings is 1. The van der Waals surface area contributed by atoms with Crippen LogP contribution in [0.15, 0.2) is 40.1 Å². The monoisotopic (exact) mass is 288 g/mol. The molecule has 0 unspecified atom stereocenters. The molecule has 2 N–H and O–H groups in total. The number of thiophene rings is 1. The molecule has 102 valence electrons. The molecular weight excluding hydrogens is 276 g/mol. The van der Waals surface area contributed by atoms with Gasteiger partial charge < -0.3 is 14.8 Å². The average molecular weight is 288 g/mol. The zero-order valence-electron chi connectivity index (χ0n) is 10.5. The van der Waals surface area contributed by atoms with Gasteiger partial charge in [-0.05, 0) is 36.1 Å². The fourth-order valence-corrected chi connectivity index (χ4v) is 2.59. The molecule has 0 atom stereocenters. The molecule has 2 aromatic heterocycles. The number of rotatable bonds is 5. The van der Waals surface area contributed by atoms with Crippen LogP contribution in [0.25, 0.3) is 11.1 Å². The van der Waals surface area contributed by atoms with Gasteiger partial charge >= 0.3 is 5.97 Å². The molecule has 0 aliphatic rings. The van der Waals surface area contributed by atoms with E-state index in [2.05, 4.69) is 16.4 Å². The first-order valence-electron chi connectivity index (χ1n) is 6.12. The van der Waals surface area contributed by atoms with E-state index in [1.807, 2.05) is 11.4 Å². The standard InChI is InChI=1S/C14H12N2O3S/c17-13(18)9-3-4-11-12(8-9)19-14(16-11)15-6-5-10-2-1-7-20-10/h1-4,7-8H,5-6H2,(H,15,16)(H,17,18). The van der Waals surface area contributed by atoms with E-state index in [0.717, 1.165) is 13.0 Å². The SMILES string of the molecule is O=C(O)c1ccc2nc(NCCc3cccs3)oc2c1. The molecule has 3 aromatic rings. The van der Waals surface area contributed by atoms with E-state index in [-0.39, 0.29) is 5.56 Å². The van der Waals surface area contributed by atoms with Crippen molar-refractivity contribution in [3.63, 3.8) is 0 Å². The molecule has 0 aliphatic carbocycles. The number of oxazole rings is 1. The average Bonchev–Trinajstić information content (AvgIpc) is 3.06. The van der Waals surface area contributed by atoms with Gasteiger partial charge in [0, 0.05) is 11.4 Å². The Morgan fingerprint density at radius 3 is 3.05 bits per heavy atom. The highest BCUT2D eigenvalue weighted by Gasteiger charge is 2.09. The van der Waals surface area contributed by atoms with Crippen LogP contribution in [0.4, 0.5) is 6.01 Å². The van der Waals surface area contributed by atoms with E-state index >= 15 is 0 Å². The largest absolute Gasteiger partial charge is 0.478 e. The number of hydrogen-bond acceptors (Lipinski definition) is 5. The van der Waals surface area contributed by atoms with Crippen LogP contribution in [0, 0.1) is 0 Å². The smallest absolute Gasteiger partial charge is 0.335 e. The Bertz CT molecular complexity index is 734. The summed E-state index contributed by atoms with van der Waals surface area (Å²) in [6.45, 7) is 0.721. The van der Waals surface area contributed by atoms with Crippen molar-refractivity contribution in [2.45, 2.75) is 6.42 Å². The number of aromatic nitrogens is 1. The molecule has 1 aromatic carbocycles. The number of hydrogen-bond donors (Lipinski definition) is 2. The molecule has 0 saturated heterocycles. The number of nitrogens with zero attached hydrogens (tertiary/aromatic N) is 1. The second-order valence-electron chi connectivity index (χ2n) is 4.26. The maximum absolute atomic E-state index is 10.9. The normalized spacial score (nSPS) is 10.8. The molecule has 20 heavy (non-hydrogen) atoms. The topological polar surface area (TPSA) is 75.4 Å². The Kier molecular flexibility index (Phi) is 3.39. The van der Waals surface area contributed by atoms with Crippen LogP contribution in [0.2, 0.25) is 0 Å². The summed E-state index contributed by atoms with van der Waals surface area (Å²) in [5.41, 5.74) is 1.32. The predicted molar refractivity (Wildman–Crippen MR) is 77.5 cm³/mol. The summed E-state index contributed by atoms with van der Waals surface area (Å²) in [7, 11) is 0. The Balaban J connectivity index is 1.70. The second kappa shape index (κ2) is 5.34. The third-order valence-corrected chi connectivity index (χ3v) is 3.80. The lowest BCUT2D eigenvalue weighted by atomic mass is 10.2. The molecule has 0 fully saturated rings. The number of carboxylic acids is 1.